The molecular formula is C15H15ClFN3O. The van der Waals surface area contributed by atoms with Gasteiger partial charge in [-0.25, -0.2) is 9.37 Å². The Morgan fingerprint density at radius 2 is 2.19 bits per heavy atom. The lowest BCUT2D eigenvalue weighted by molar-refractivity contribution is 0.0947. The molecule has 0 unspecified atom stereocenters. The van der Waals surface area contributed by atoms with Crippen LogP contribution in [0.15, 0.2) is 36.5 Å². The number of carbonyl (C=O) groups is 1. The first-order chi connectivity index (χ1) is 10.1. The van der Waals surface area contributed by atoms with Gasteiger partial charge in [0.25, 0.3) is 5.91 Å². The highest BCUT2D eigenvalue weighted by atomic mass is 35.5. The van der Waals surface area contributed by atoms with Gasteiger partial charge >= 0.3 is 0 Å². The molecule has 110 valence electrons. The van der Waals surface area contributed by atoms with E-state index in [2.05, 4.69) is 15.6 Å². The normalized spacial score (nSPS) is 10.2. The summed E-state index contributed by atoms with van der Waals surface area (Å²) in [6.45, 7) is 2.63. The number of hydrogen-bond donors (Lipinski definition) is 2. The quantitative estimate of drug-likeness (QED) is 0.891. The molecule has 0 saturated carbocycles. The van der Waals surface area contributed by atoms with Crippen molar-refractivity contribution in [1.29, 1.82) is 0 Å². The van der Waals surface area contributed by atoms with Crippen LogP contribution in [0, 0.1) is 5.82 Å². The van der Waals surface area contributed by atoms with Crippen LogP contribution in [0.3, 0.4) is 0 Å². The number of halogens is 2. The molecule has 0 saturated heterocycles. The van der Waals surface area contributed by atoms with E-state index in [-0.39, 0.29) is 17.9 Å². The molecule has 2 rings (SSSR count). The van der Waals surface area contributed by atoms with E-state index in [1.165, 1.54) is 12.3 Å². The Morgan fingerprint density at radius 1 is 1.38 bits per heavy atom. The van der Waals surface area contributed by atoms with Crippen molar-refractivity contribution < 1.29 is 9.18 Å². The van der Waals surface area contributed by atoms with E-state index in [1.807, 2.05) is 13.0 Å². The summed E-state index contributed by atoms with van der Waals surface area (Å²) < 4.78 is 14.1. The molecule has 1 aromatic carbocycles. The van der Waals surface area contributed by atoms with Crippen molar-refractivity contribution in [2.24, 2.45) is 0 Å². The van der Waals surface area contributed by atoms with Crippen molar-refractivity contribution >= 4 is 23.3 Å². The zero-order valence-electron chi connectivity index (χ0n) is 11.5. The zero-order chi connectivity index (χ0) is 15.2. The summed E-state index contributed by atoms with van der Waals surface area (Å²) in [7, 11) is 0. The molecule has 0 fully saturated rings. The molecule has 0 aliphatic carbocycles. The summed E-state index contributed by atoms with van der Waals surface area (Å²) in [6, 6.07) is 8.47. The van der Waals surface area contributed by atoms with Crippen molar-refractivity contribution in [1.82, 2.24) is 10.3 Å². The van der Waals surface area contributed by atoms with Gasteiger partial charge in [-0.1, -0.05) is 23.7 Å². The van der Waals surface area contributed by atoms with Crippen LogP contribution in [-0.4, -0.2) is 17.4 Å². The molecule has 6 heteroatoms. The fraction of sp³-hybridized carbons (Fsp3) is 0.200. The minimum absolute atomic E-state index is 0.0389. The number of carbonyl (C=O) groups excluding carboxylic acids is 1. The lowest BCUT2D eigenvalue weighted by Gasteiger charge is -2.09. The third kappa shape index (κ3) is 3.92. The van der Waals surface area contributed by atoms with Gasteiger partial charge in [-0.05, 0) is 30.7 Å². The highest BCUT2D eigenvalue weighted by molar-refractivity contribution is 6.30. The standard InChI is InChI=1S/C15H15ClFN3O/c1-2-18-14-13(17)12(6-7-19-14)15(21)20-9-10-4-3-5-11(16)8-10/h3-8H,2,9H2,1H3,(H,18,19)(H,20,21). The maximum atomic E-state index is 14.1. The smallest absolute Gasteiger partial charge is 0.254 e. The molecule has 1 heterocycles. The highest BCUT2D eigenvalue weighted by Gasteiger charge is 2.15. The lowest BCUT2D eigenvalue weighted by atomic mass is 10.2. The van der Waals surface area contributed by atoms with E-state index in [0.29, 0.717) is 11.6 Å². The summed E-state index contributed by atoms with van der Waals surface area (Å²) in [5.41, 5.74) is 0.806. The molecule has 2 aromatic rings. The molecule has 0 bridgehead atoms. The second kappa shape index (κ2) is 7.04. The summed E-state index contributed by atoms with van der Waals surface area (Å²) >= 11 is 5.87. The van der Waals surface area contributed by atoms with Crippen LogP contribution in [0.1, 0.15) is 22.8 Å². The number of benzene rings is 1. The largest absolute Gasteiger partial charge is 0.368 e. The van der Waals surface area contributed by atoms with Crippen LogP contribution in [0.2, 0.25) is 5.02 Å². The monoisotopic (exact) mass is 307 g/mol. The molecule has 0 aliphatic heterocycles. The van der Waals surface area contributed by atoms with Crippen LogP contribution in [0.25, 0.3) is 0 Å². The van der Waals surface area contributed by atoms with Gasteiger partial charge in [0.2, 0.25) is 0 Å². The van der Waals surface area contributed by atoms with Crippen LogP contribution in [0.5, 0.6) is 0 Å². The number of nitrogens with zero attached hydrogens (tertiary/aromatic N) is 1. The van der Waals surface area contributed by atoms with Crippen LogP contribution < -0.4 is 10.6 Å². The minimum atomic E-state index is -0.650. The second-order valence-corrected chi connectivity index (χ2v) is 4.80. The van der Waals surface area contributed by atoms with E-state index >= 15 is 0 Å². The van der Waals surface area contributed by atoms with Crippen molar-refractivity contribution in [3.63, 3.8) is 0 Å². The molecule has 2 N–H and O–H groups in total. The number of hydrogen-bond acceptors (Lipinski definition) is 3. The summed E-state index contributed by atoms with van der Waals surface area (Å²) in [6.07, 6.45) is 1.40. The Bertz CT molecular complexity index is 649. The van der Waals surface area contributed by atoms with Crippen LogP contribution in [-0.2, 0) is 6.54 Å². The van der Waals surface area contributed by atoms with Gasteiger partial charge in [0.1, 0.15) is 0 Å². The molecule has 0 spiro atoms. The van der Waals surface area contributed by atoms with Gasteiger partial charge in [0.05, 0.1) is 5.56 Å². The minimum Gasteiger partial charge on any atom is -0.368 e. The van der Waals surface area contributed by atoms with Crippen molar-refractivity contribution in [3.8, 4) is 0 Å². The number of amides is 1. The second-order valence-electron chi connectivity index (χ2n) is 4.36. The Labute approximate surface area is 127 Å². The van der Waals surface area contributed by atoms with Crippen LogP contribution >= 0.6 is 11.6 Å². The molecular weight excluding hydrogens is 293 g/mol. The number of nitrogens with one attached hydrogen (secondary N) is 2. The van der Waals surface area contributed by atoms with Gasteiger partial charge in [0, 0.05) is 24.3 Å². The maximum absolute atomic E-state index is 14.1. The molecule has 1 amide bonds. The predicted molar refractivity (Wildman–Crippen MR) is 81.0 cm³/mol. The Morgan fingerprint density at radius 3 is 2.90 bits per heavy atom. The average Bonchev–Trinajstić information content (AvgIpc) is 2.47. The first kappa shape index (κ1) is 15.3. The zero-order valence-corrected chi connectivity index (χ0v) is 12.2. The van der Waals surface area contributed by atoms with E-state index in [1.54, 1.807) is 18.2 Å². The Hall–Kier alpha value is -2.14. The van der Waals surface area contributed by atoms with Crippen molar-refractivity contribution in [3.05, 3.63) is 58.5 Å². The fourth-order valence-electron chi connectivity index (χ4n) is 1.83. The average molecular weight is 308 g/mol. The number of rotatable bonds is 5. The highest BCUT2D eigenvalue weighted by Crippen LogP contribution is 2.15. The van der Waals surface area contributed by atoms with Crippen LogP contribution in [0.4, 0.5) is 10.2 Å². The first-order valence-corrected chi connectivity index (χ1v) is 6.90. The maximum Gasteiger partial charge on any atom is 0.254 e. The topological polar surface area (TPSA) is 54.0 Å². The van der Waals surface area contributed by atoms with Gasteiger partial charge in [-0.2, -0.15) is 0 Å². The SMILES string of the molecule is CCNc1nccc(C(=O)NCc2cccc(Cl)c2)c1F. The lowest BCUT2D eigenvalue weighted by Crippen LogP contribution is -2.24. The van der Waals surface area contributed by atoms with E-state index in [4.69, 9.17) is 11.6 Å². The third-order valence-electron chi connectivity index (χ3n) is 2.82. The summed E-state index contributed by atoms with van der Waals surface area (Å²) in [5.74, 6) is -1.06. The van der Waals surface area contributed by atoms with Crippen molar-refractivity contribution in [2.75, 3.05) is 11.9 Å². The number of anilines is 1. The summed E-state index contributed by atoms with van der Waals surface area (Å²) in [5, 5.41) is 6.02. The van der Waals surface area contributed by atoms with E-state index in [9.17, 15) is 9.18 Å². The number of pyridine rings is 1. The molecule has 0 atom stereocenters. The predicted octanol–water partition coefficient (Wildman–Crippen LogP) is 3.24. The molecule has 0 aliphatic rings. The van der Waals surface area contributed by atoms with Gasteiger partial charge < -0.3 is 10.6 Å². The van der Waals surface area contributed by atoms with E-state index in [0.717, 1.165) is 5.56 Å². The third-order valence-corrected chi connectivity index (χ3v) is 3.06. The molecule has 0 radical (unpaired) electrons. The van der Waals surface area contributed by atoms with Gasteiger partial charge in [0.15, 0.2) is 11.6 Å². The van der Waals surface area contributed by atoms with Gasteiger partial charge in [-0.3, -0.25) is 4.79 Å². The molecule has 4 nitrogen and oxygen atoms in total. The van der Waals surface area contributed by atoms with Crippen molar-refractivity contribution in [2.45, 2.75) is 13.5 Å². The first-order valence-electron chi connectivity index (χ1n) is 6.53. The molecule has 1 aromatic heterocycles. The van der Waals surface area contributed by atoms with Gasteiger partial charge in [-0.15, -0.1) is 0 Å². The molecule has 21 heavy (non-hydrogen) atoms. The fourth-order valence-corrected chi connectivity index (χ4v) is 2.05. The summed E-state index contributed by atoms with van der Waals surface area (Å²) in [4.78, 5) is 15.9. The Kier molecular flexibility index (Phi) is 5.11. The Balaban J connectivity index is 2.08. The van der Waals surface area contributed by atoms with E-state index < -0.39 is 11.7 Å². The number of aromatic nitrogens is 1.